The molecule has 3 rings (SSSR count). The van der Waals surface area contributed by atoms with Gasteiger partial charge in [0.2, 0.25) is 11.6 Å². The number of aryl methyl sites for hydroxylation is 1. The number of benzene rings is 1. The van der Waals surface area contributed by atoms with Crippen molar-refractivity contribution in [2.24, 2.45) is 0 Å². The van der Waals surface area contributed by atoms with Gasteiger partial charge >= 0.3 is 0 Å². The summed E-state index contributed by atoms with van der Waals surface area (Å²) in [4.78, 5) is 6.45. The monoisotopic (exact) mass is 268 g/mol. The molecule has 0 amide bonds. The molecule has 0 saturated carbocycles. The Morgan fingerprint density at radius 3 is 2.85 bits per heavy atom. The van der Waals surface area contributed by atoms with Crippen LogP contribution in [-0.4, -0.2) is 33.7 Å². The van der Waals surface area contributed by atoms with Gasteiger partial charge in [0.05, 0.1) is 0 Å². The van der Waals surface area contributed by atoms with E-state index in [4.69, 9.17) is 0 Å². The summed E-state index contributed by atoms with van der Waals surface area (Å²) in [5.41, 5.74) is 3.00. The molecule has 0 unspecified atom stereocenters. The summed E-state index contributed by atoms with van der Waals surface area (Å²) in [7, 11) is 3.80. The van der Waals surface area contributed by atoms with Gasteiger partial charge < -0.3 is 10.2 Å². The van der Waals surface area contributed by atoms with Gasteiger partial charge in [0, 0.05) is 32.2 Å². The lowest BCUT2D eigenvalue weighted by molar-refractivity contribution is 1.06. The molecule has 20 heavy (non-hydrogen) atoms. The highest BCUT2D eigenvalue weighted by Crippen LogP contribution is 2.26. The zero-order valence-corrected chi connectivity index (χ0v) is 11.7. The third-order valence-electron chi connectivity index (χ3n) is 3.24. The van der Waals surface area contributed by atoms with Crippen LogP contribution in [-0.2, 0) is 0 Å². The highest BCUT2D eigenvalue weighted by Gasteiger charge is 2.14. The fourth-order valence-corrected chi connectivity index (χ4v) is 2.18. The SMILES string of the molecule is CNc1nnc2c(N(C)c3cccc(C)c3)nccn12. The molecule has 0 spiro atoms. The number of nitrogens with one attached hydrogen (secondary N) is 1. The van der Waals surface area contributed by atoms with Gasteiger partial charge in [-0.3, -0.25) is 4.40 Å². The molecule has 0 bridgehead atoms. The second kappa shape index (κ2) is 4.80. The minimum Gasteiger partial charge on any atom is -0.357 e. The Morgan fingerprint density at radius 2 is 2.10 bits per heavy atom. The third kappa shape index (κ3) is 1.95. The number of aromatic nitrogens is 4. The highest BCUT2D eigenvalue weighted by molar-refractivity contribution is 5.72. The Kier molecular flexibility index (Phi) is 2.98. The summed E-state index contributed by atoms with van der Waals surface area (Å²) in [6.07, 6.45) is 3.59. The standard InChI is InChI=1S/C14H16N6/c1-10-5-4-6-11(9-10)19(3)12-13-17-18-14(15-2)20(13)8-7-16-12/h4-9H,1-3H3,(H,15,18). The number of hydrogen-bond acceptors (Lipinski definition) is 5. The minimum atomic E-state index is 0.696. The van der Waals surface area contributed by atoms with E-state index in [1.807, 2.05) is 41.7 Å². The molecule has 102 valence electrons. The molecule has 0 fully saturated rings. The first kappa shape index (κ1) is 12.4. The average molecular weight is 268 g/mol. The van der Waals surface area contributed by atoms with Crippen LogP contribution in [0.1, 0.15) is 5.56 Å². The predicted molar refractivity (Wildman–Crippen MR) is 79.6 cm³/mol. The first-order valence-electron chi connectivity index (χ1n) is 6.38. The van der Waals surface area contributed by atoms with E-state index in [2.05, 4.69) is 39.6 Å². The van der Waals surface area contributed by atoms with Crippen LogP contribution in [0, 0.1) is 6.92 Å². The van der Waals surface area contributed by atoms with Gasteiger partial charge in [-0.15, -0.1) is 10.2 Å². The summed E-state index contributed by atoms with van der Waals surface area (Å²) in [5.74, 6) is 1.47. The van der Waals surface area contributed by atoms with E-state index in [-0.39, 0.29) is 0 Å². The summed E-state index contributed by atoms with van der Waals surface area (Å²) >= 11 is 0. The van der Waals surface area contributed by atoms with Crippen molar-refractivity contribution in [1.29, 1.82) is 0 Å². The Labute approximate surface area is 117 Å². The van der Waals surface area contributed by atoms with E-state index in [0.29, 0.717) is 5.95 Å². The maximum atomic E-state index is 4.44. The fraction of sp³-hybridized carbons (Fsp3) is 0.214. The molecule has 0 radical (unpaired) electrons. The van der Waals surface area contributed by atoms with Crippen LogP contribution in [0.25, 0.3) is 5.65 Å². The molecule has 0 aliphatic heterocycles. The van der Waals surface area contributed by atoms with Crippen molar-refractivity contribution < 1.29 is 0 Å². The van der Waals surface area contributed by atoms with Gasteiger partial charge in [-0.25, -0.2) is 4.98 Å². The third-order valence-corrected chi connectivity index (χ3v) is 3.24. The van der Waals surface area contributed by atoms with E-state index < -0.39 is 0 Å². The Morgan fingerprint density at radius 1 is 1.25 bits per heavy atom. The van der Waals surface area contributed by atoms with Crippen molar-refractivity contribution >= 4 is 23.1 Å². The summed E-state index contributed by atoms with van der Waals surface area (Å²) in [6, 6.07) is 8.26. The van der Waals surface area contributed by atoms with Crippen molar-refractivity contribution in [3.8, 4) is 0 Å². The van der Waals surface area contributed by atoms with E-state index in [1.165, 1.54) is 5.56 Å². The van der Waals surface area contributed by atoms with Crippen LogP contribution >= 0.6 is 0 Å². The summed E-state index contributed by atoms with van der Waals surface area (Å²) < 4.78 is 1.88. The van der Waals surface area contributed by atoms with Crippen LogP contribution in [0.2, 0.25) is 0 Å². The average Bonchev–Trinajstić information content (AvgIpc) is 2.89. The second-order valence-electron chi connectivity index (χ2n) is 4.62. The van der Waals surface area contributed by atoms with Crippen LogP contribution in [0.3, 0.4) is 0 Å². The van der Waals surface area contributed by atoms with Crippen molar-refractivity contribution in [1.82, 2.24) is 19.6 Å². The van der Waals surface area contributed by atoms with Gasteiger partial charge in [0.15, 0.2) is 5.82 Å². The lowest BCUT2D eigenvalue weighted by Crippen LogP contribution is -2.13. The lowest BCUT2D eigenvalue weighted by Gasteiger charge is -2.18. The molecule has 0 aliphatic rings. The normalized spacial score (nSPS) is 10.8. The van der Waals surface area contributed by atoms with Crippen molar-refractivity contribution in [2.75, 3.05) is 24.3 Å². The predicted octanol–water partition coefficient (Wildman–Crippen LogP) is 2.24. The lowest BCUT2D eigenvalue weighted by atomic mass is 10.2. The van der Waals surface area contributed by atoms with Gasteiger partial charge in [0.25, 0.3) is 0 Å². The first-order chi connectivity index (χ1) is 9.70. The molecule has 6 nitrogen and oxygen atoms in total. The molecule has 1 aromatic carbocycles. The number of anilines is 3. The fourth-order valence-electron chi connectivity index (χ4n) is 2.18. The van der Waals surface area contributed by atoms with Gasteiger partial charge in [0.1, 0.15) is 0 Å². The van der Waals surface area contributed by atoms with Crippen LogP contribution < -0.4 is 10.2 Å². The van der Waals surface area contributed by atoms with E-state index in [0.717, 1.165) is 17.2 Å². The quantitative estimate of drug-likeness (QED) is 0.789. The molecule has 2 aromatic heterocycles. The number of rotatable bonds is 3. The maximum absolute atomic E-state index is 4.44. The smallest absolute Gasteiger partial charge is 0.228 e. The molecule has 0 saturated heterocycles. The summed E-state index contributed by atoms with van der Waals surface area (Å²) in [6.45, 7) is 2.07. The van der Waals surface area contributed by atoms with Crippen molar-refractivity contribution in [2.45, 2.75) is 6.92 Å². The van der Waals surface area contributed by atoms with Gasteiger partial charge in [-0.2, -0.15) is 0 Å². The Bertz CT molecular complexity index is 748. The molecule has 1 N–H and O–H groups in total. The van der Waals surface area contributed by atoms with Crippen LogP contribution in [0.15, 0.2) is 36.7 Å². The van der Waals surface area contributed by atoms with Crippen LogP contribution in [0.4, 0.5) is 17.5 Å². The summed E-state index contributed by atoms with van der Waals surface area (Å²) in [5, 5.41) is 11.3. The topological polar surface area (TPSA) is 58.4 Å². The molecule has 3 aromatic rings. The van der Waals surface area contributed by atoms with Gasteiger partial charge in [-0.1, -0.05) is 12.1 Å². The van der Waals surface area contributed by atoms with E-state index in [1.54, 1.807) is 6.20 Å². The molecule has 0 aliphatic carbocycles. The van der Waals surface area contributed by atoms with Crippen molar-refractivity contribution in [3.05, 3.63) is 42.2 Å². The minimum absolute atomic E-state index is 0.696. The first-order valence-corrected chi connectivity index (χ1v) is 6.38. The highest BCUT2D eigenvalue weighted by atomic mass is 15.3. The zero-order valence-electron chi connectivity index (χ0n) is 11.7. The Hall–Kier alpha value is -2.63. The molecule has 0 atom stereocenters. The van der Waals surface area contributed by atoms with E-state index >= 15 is 0 Å². The second-order valence-corrected chi connectivity index (χ2v) is 4.62. The molecular weight excluding hydrogens is 252 g/mol. The van der Waals surface area contributed by atoms with Crippen LogP contribution in [0.5, 0.6) is 0 Å². The molecule has 6 heteroatoms. The largest absolute Gasteiger partial charge is 0.357 e. The number of nitrogens with zero attached hydrogens (tertiary/aromatic N) is 5. The maximum Gasteiger partial charge on any atom is 0.228 e. The molecular formula is C14H16N6. The Balaban J connectivity index is 2.12. The van der Waals surface area contributed by atoms with E-state index in [9.17, 15) is 0 Å². The number of fused-ring (bicyclic) bond motifs is 1. The zero-order chi connectivity index (χ0) is 14.1. The molecule has 2 heterocycles. The van der Waals surface area contributed by atoms with Gasteiger partial charge in [-0.05, 0) is 24.6 Å². The van der Waals surface area contributed by atoms with Crippen molar-refractivity contribution in [3.63, 3.8) is 0 Å². The number of hydrogen-bond donors (Lipinski definition) is 1.